The van der Waals surface area contributed by atoms with Crippen molar-refractivity contribution in [2.45, 2.75) is 91.0 Å². The van der Waals surface area contributed by atoms with Crippen LogP contribution in [-0.2, 0) is 22.5 Å². The van der Waals surface area contributed by atoms with Gasteiger partial charge in [-0.1, -0.05) is 64.7 Å². The monoisotopic (exact) mass is 324 g/mol. The van der Waals surface area contributed by atoms with Crippen LogP contribution in [0.1, 0.15) is 83.9 Å². The Morgan fingerprint density at radius 1 is 0.957 bits per heavy atom. The van der Waals surface area contributed by atoms with Crippen molar-refractivity contribution < 1.29 is 9.53 Å². The number of aryl methyl sites for hydroxylation is 1. The van der Waals surface area contributed by atoms with Gasteiger partial charge in [0.25, 0.3) is 0 Å². The van der Waals surface area contributed by atoms with Crippen molar-refractivity contribution in [2.75, 3.05) is 6.61 Å². The highest BCUT2D eigenvalue weighted by molar-refractivity contribution is 5.71. The maximum Gasteiger partial charge on any atom is 0.313 e. The number of unbranched alkanes of at least 4 members (excludes halogenated alkanes) is 9. The van der Waals surface area contributed by atoms with E-state index in [1.54, 1.807) is 11.7 Å². The second kappa shape index (κ2) is 13.0. The summed E-state index contributed by atoms with van der Waals surface area (Å²) in [5.41, 5.74) is 0. The van der Waals surface area contributed by atoms with E-state index in [4.69, 9.17) is 4.74 Å². The van der Waals surface area contributed by atoms with Gasteiger partial charge in [-0.2, -0.15) is 4.80 Å². The molecule has 1 heterocycles. The number of ether oxygens (including phenoxy) is 1. The number of hydrogen-bond donors (Lipinski definition) is 0. The van der Waals surface area contributed by atoms with Crippen molar-refractivity contribution in [3.05, 3.63) is 5.82 Å². The van der Waals surface area contributed by atoms with E-state index < -0.39 is 0 Å². The van der Waals surface area contributed by atoms with Crippen LogP contribution in [0, 0.1) is 0 Å². The van der Waals surface area contributed by atoms with Gasteiger partial charge in [0.2, 0.25) is 0 Å². The van der Waals surface area contributed by atoms with Crippen LogP contribution in [0.2, 0.25) is 0 Å². The summed E-state index contributed by atoms with van der Waals surface area (Å²) in [7, 11) is 0. The Morgan fingerprint density at radius 2 is 1.57 bits per heavy atom. The molecular formula is C17H32N4O2. The van der Waals surface area contributed by atoms with E-state index >= 15 is 0 Å². The number of esters is 1. The molecule has 1 rings (SSSR count). The standard InChI is InChI=1S/C17H32N4O2/c1-3-5-6-7-8-9-10-11-12-13-14-21-19-16(18-20-21)15-17(22)23-4-2/h3-15H2,1-2H3. The summed E-state index contributed by atoms with van der Waals surface area (Å²) < 4.78 is 4.87. The predicted octanol–water partition coefficient (Wildman–Crippen LogP) is 3.70. The smallest absolute Gasteiger partial charge is 0.313 e. The second-order valence-electron chi connectivity index (χ2n) is 5.97. The average molecular weight is 324 g/mol. The molecule has 0 aromatic carbocycles. The Balaban J connectivity index is 1.99. The minimum atomic E-state index is -0.300. The third kappa shape index (κ3) is 10.0. The number of hydrogen-bond acceptors (Lipinski definition) is 5. The molecule has 0 saturated heterocycles. The quantitative estimate of drug-likeness (QED) is 0.385. The van der Waals surface area contributed by atoms with Gasteiger partial charge < -0.3 is 4.74 Å². The van der Waals surface area contributed by atoms with E-state index in [2.05, 4.69) is 22.3 Å². The van der Waals surface area contributed by atoms with Crippen molar-refractivity contribution in [3.8, 4) is 0 Å². The van der Waals surface area contributed by atoms with Gasteiger partial charge in [-0.05, 0) is 18.6 Å². The van der Waals surface area contributed by atoms with Crippen LogP contribution < -0.4 is 0 Å². The first-order valence-corrected chi connectivity index (χ1v) is 9.18. The van der Waals surface area contributed by atoms with Gasteiger partial charge >= 0.3 is 5.97 Å². The molecule has 0 bridgehead atoms. The fourth-order valence-electron chi connectivity index (χ4n) is 2.52. The molecule has 132 valence electrons. The van der Waals surface area contributed by atoms with Gasteiger partial charge in [-0.3, -0.25) is 4.79 Å². The van der Waals surface area contributed by atoms with Crippen LogP contribution in [0.5, 0.6) is 0 Å². The van der Waals surface area contributed by atoms with Crippen LogP contribution >= 0.6 is 0 Å². The first-order valence-electron chi connectivity index (χ1n) is 9.18. The Morgan fingerprint density at radius 3 is 2.17 bits per heavy atom. The zero-order chi connectivity index (χ0) is 16.8. The molecule has 0 unspecified atom stereocenters. The lowest BCUT2D eigenvalue weighted by atomic mass is 10.1. The highest BCUT2D eigenvalue weighted by Gasteiger charge is 2.09. The predicted molar refractivity (Wildman–Crippen MR) is 90.0 cm³/mol. The number of carbonyl (C=O) groups excluding carboxylic acids is 1. The summed E-state index contributed by atoms with van der Waals surface area (Å²) in [5.74, 6) is 0.140. The van der Waals surface area contributed by atoms with E-state index in [1.165, 1.54) is 57.8 Å². The van der Waals surface area contributed by atoms with Gasteiger partial charge in [0.15, 0.2) is 5.82 Å². The number of aromatic nitrogens is 4. The van der Waals surface area contributed by atoms with Crippen molar-refractivity contribution >= 4 is 5.97 Å². The van der Waals surface area contributed by atoms with E-state index in [0.29, 0.717) is 12.4 Å². The molecule has 1 aromatic heterocycles. The minimum Gasteiger partial charge on any atom is -0.466 e. The maximum absolute atomic E-state index is 11.3. The molecule has 0 amide bonds. The lowest BCUT2D eigenvalue weighted by Gasteiger charge is -2.02. The summed E-state index contributed by atoms with van der Waals surface area (Å²) in [6, 6.07) is 0. The fourth-order valence-corrected chi connectivity index (χ4v) is 2.52. The summed E-state index contributed by atoms with van der Waals surface area (Å²) in [5, 5.41) is 12.1. The van der Waals surface area contributed by atoms with Crippen LogP contribution in [-0.4, -0.2) is 32.8 Å². The van der Waals surface area contributed by atoms with E-state index in [0.717, 1.165) is 13.0 Å². The van der Waals surface area contributed by atoms with Gasteiger partial charge in [0.05, 0.1) is 13.2 Å². The number of carbonyl (C=O) groups is 1. The Hall–Kier alpha value is -1.46. The van der Waals surface area contributed by atoms with Crippen molar-refractivity contribution in [2.24, 2.45) is 0 Å². The topological polar surface area (TPSA) is 69.9 Å². The van der Waals surface area contributed by atoms with Crippen molar-refractivity contribution in [1.29, 1.82) is 0 Å². The maximum atomic E-state index is 11.3. The molecule has 6 nitrogen and oxygen atoms in total. The molecule has 23 heavy (non-hydrogen) atoms. The Kier molecular flexibility index (Phi) is 11.1. The normalized spacial score (nSPS) is 10.9. The fraction of sp³-hybridized carbons (Fsp3) is 0.882. The first kappa shape index (κ1) is 19.6. The number of tetrazole rings is 1. The third-order valence-corrected chi connectivity index (χ3v) is 3.81. The van der Waals surface area contributed by atoms with Crippen LogP contribution in [0.3, 0.4) is 0 Å². The van der Waals surface area contributed by atoms with Crippen LogP contribution in [0.4, 0.5) is 0 Å². The molecule has 0 saturated carbocycles. The number of rotatable bonds is 14. The average Bonchev–Trinajstić information content (AvgIpc) is 2.96. The number of nitrogens with zero attached hydrogens (tertiary/aromatic N) is 4. The molecule has 0 N–H and O–H groups in total. The summed E-state index contributed by atoms with van der Waals surface area (Å²) in [4.78, 5) is 12.9. The van der Waals surface area contributed by atoms with Gasteiger partial charge in [0, 0.05) is 0 Å². The largest absolute Gasteiger partial charge is 0.466 e. The lowest BCUT2D eigenvalue weighted by Crippen LogP contribution is -2.09. The molecule has 0 fully saturated rings. The molecule has 0 aliphatic carbocycles. The van der Waals surface area contributed by atoms with Crippen molar-refractivity contribution in [1.82, 2.24) is 20.2 Å². The highest BCUT2D eigenvalue weighted by Crippen LogP contribution is 2.10. The van der Waals surface area contributed by atoms with Crippen LogP contribution in [0.15, 0.2) is 0 Å². The highest BCUT2D eigenvalue weighted by atomic mass is 16.5. The molecule has 0 aliphatic heterocycles. The van der Waals surface area contributed by atoms with Gasteiger partial charge in [0.1, 0.15) is 6.42 Å². The summed E-state index contributed by atoms with van der Waals surface area (Å²) >= 11 is 0. The molecule has 0 aliphatic rings. The van der Waals surface area contributed by atoms with E-state index in [-0.39, 0.29) is 12.4 Å². The molecule has 0 atom stereocenters. The van der Waals surface area contributed by atoms with Gasteiger partial charge in [-0.25, -0.2) is 0 Å². The minimum absolute atomic E-state index is 0.103. The van der Waals surface area contributed by atoms with Crippen LogP contribution in [0.25, 0.3) is 0 Å². The zero-order valence-electron chi connectivity index (χ0n) is 14.8. The van der Waals surface area contributed by atoms with E-state index in [1.807, 2.05) is 0 Å². The molecule has 0 radical (unpaired) electrons. The van der Waals surface area contributed by atoms with Gasteiger partial charge in [-0.15, -0.1) is 10.2 Å². The molecule has 0 spiro atoms. The summed E-state index contributed by atoms with van der Waals surface area (Å²) in [6.45, 7) is 5.19. The zero-order valence-corrected chi connectivity index (χ0v) is 14.8. The van der Waals surface area contributed by atoms with E-state index in [9.17, 15) is 4.79 Å². The Labute approximate surface area is 140 Å². The Bertz CT molecular complexity index is 420. The van der Waals surface area contributed by atoms with Crippen molar-refractivity contribution in [3.63, 3.8) is 0 Å². The molecule has 1 aromatic rings. The lowest BCUT2D eigenvalue weighted by molar-refractivity contribution is -0.142. The summed E-state index contributed by atoms with van der Waals surface area (Å²) in [6.07, 6.45) is 13.2. The molecular weight excluding hydrogens is 292 g/mol. The third-order valence-electron chi connectivity index (χ3n) is 3.81. The molecule has 6 heteroatoms. The first-order chi connectivity index (χ1) is 11.3. The SMILES string of the molecule is CCCCCCCCCCCCn1nnc(CC(=O)OCC)n1. The second-order valence-corrected chi connectivity index (χ2v) is 5.97.